The molecule has 3 amide bonds. The first-order chi connectivity index (χ1) is 29.4. The molecule has 0 aliphatic carbocycles. The molecule has 0 radical (unpaired) electrons. The van der Waals surface area contributed by atoms with E-state index < -0.39 is 23.6 Å². The number of unbranched alkanes of at least 4 members (excludes halogenated alkanes) is 4. The molecule has 2 aromatic carbocycles. The summed E-state index contributed by atoms with van der Waals surface area (Å²) in [5.41, 5.74) is 7.58. The lowest BCUT2D eigenvalue weighted by Crippen LogP contribution is -2.57. The number of β-amino-alcohol motifs (C(OH)–C–C–N with tert-alkyl or cyclic N) is 1. The summed E-state index contributed by atoms with van der Waals surface area (Å²) in [4.78, 5) is 53.4. The maximum Gasteiger partial charge on any atom is 0.246 e. The first kappa shape index (κ1) is 43.9. The number of thiazole rings is 1. The Morgan fingerprint density at radius 1 is 0.984 bits per heavy atom. The second-order valence-electron chi connectivity index (χ2n) is 17.8. The Labute approximate surface area is 362 Å². The molecule has 3 aromatic heterocycles. The number of aromatic hydroxyl groups is 1. The highest BCUT2D eigenvalue weighted by atomic mass is 32.1. The Hall–Kier alpha value is -5.18. The number of para-hydroxylation sites is 1. The van der Waals surface area contributed by atoms with Crippen LogP contribution in [0.4, 0.5) is 0 Å². The van der Waals surface area contributed by atoms with Gasteiger partial charge in [0.05, 0.1) is 27.9 Å². The number of carbonyl (C=O) groups is 3. The number of aliphatic hydroxyl groups excluding tert-OH is 1. The third-order valence-electron chi connectivity index (χ3n) is 12.3. The number of hydrogen-bond acceptors (Lipinski definition) is 10. The van der Waals surface area contributed by atoms with Crippen molar-refractivity contribution >= 4 is 40.1 Å². The fraction of sp³-hybridized carbons (Fsp3) is 0.489. The van der Waals surface area contributed by atoms with Crippen molar-refractivity contribution in [1.29, 1.82) is 0 Å². The van der Waals surface area contributed by atoms with Gasteiger partial charge in [-0.05, 0) is 98.5 Å². The van der Waals surface area contributed by atoms with Crippen LogP contribution in [-0.4, -0.2) is 102 Å². The second-order valence-corrected chi connectivity index (χ2v) is 18.7. The van der Waals surface area contributed by atoms with E-state index >= 15 is 0 Å². The molecule has 2 saturated heterocycles. The van der Waals surface area contributed by atoms with Crippen LogP contribution in [0.15, 0.2) is 66.3 Å². The number of H-pyrrole nitrogens is 1. The smallest absolute Gasteiger partial charge is 0.246 e. The molecule has 2 aliphatic rings. The predicted molar refractivity (Wildman–Crippen MR) is 239 cm³/mol. The minimum atomic E-state index is -0.835. The Kier molecular flexibility index (Phi) is 14.2. The van der Waals surface area contributed by atoms with Gasteiger partial charge in [-0.15, -0.1) is 21.5 Å². The van der Waals surface area contributed by atoms with Gasteiger partial charge >= 0.3 is 0 Å². The summed E-state index contributed by atoms with van der Waals surface area (Å²) in [7, 11) is 0. The second kappa shape index (κ2) is 19.7. The Morgan fingerprint density at radius 2 is 1.72 bits per heavy atom. The molecule has 0 bridgehead atoms. The standard InChI is InChI=1S/C47H60N8O5S/c1-30-42(61-29-50-30)33-17-15-31(16-18-33)26-49-45(59)39-24-34(56)28-55(39)46(60)43(47(2,3)4)51-41(58)14-8-6-5-7-11-21-54-22-19-32(20-23-54)37-27-48-44-36(37)25-38(52-53-44)35-12-9-10-13-40(35)57/h9-10,12-13,15-18,25,27,29,32,34,39,43,56-57H,5-8,11,14,19-24,26,28H2,1-4H3,(H,48,53)(H,49,59)(H,51,58)/t34-,39+,43-/m1/s1. The minimum Gasteiger partial charge on any atom is -0.507 e. The zero-order chi connectivity index (χ0) is 43.1. The van der Waals surface area contributed by atoms with Crippen molar-refractivity contribution in [3.8, 4) is 27.4 Å². The fourth-order valence-electron chi connectivity index (χ4n) is 8.73. The van der Waals surface area contributed by atoms with Crippen molar-refractivity contribution in [3.05, 3.63) is 83.1 Å². The van der Waals surface area contributed by atoms with E-state index in [1.165, 1.54) is 10.5 Å². The Balaban J connectivity index is 0.809. The third kappa shape index (κ3) is 10.8. The van der Waals surface area contributed by atoms with E-state index in [1.54, 1.807) is 23.5 Å². The molecule has 13 nitrogen and oxygen atoms in total. The number of aryl methyl sites for hydroxylation is 1. The lowest BCUT2D eigenvalue weighted by Gasteiger charge is -2.35. The van der Waals surface area contributed by atoms with Crippen molar-refractivity contribution in [2.75, 3.05) is 26.2 Å². The number of amides is 3. The number of likely N-dealkylation sites (tertiary alicyclic amines) is 2. The number of nitrogens with one attached hydrogen (secondary N) is 3. The van der Waals surface area contributed by atoms with Crippen molar-refractivity contribution in [2.24, 2.45) is 5.41 Å². The van der Waals surface area contributed by atoms with Crippen LogP contribution in [0, 0.1) is 12.3 Å². The lowest BCUT2D eigenvalue weighted by molar-refractivity contribution is -0.144. The number of carbonyl (C=O) groups excluding carboxylic acids is 3. The molecule has 0 unspecified atom stereocenters. The molecule has 5 N–H and O–H groups in total. The summed E-state index contributed by atoms with van der Waals surface area (Å²) in [6.07, 6.45) is 8.79. The number of fused-ring (bicyclic) bond motifs is 1. The molecule has 5 aromatic rings. The van der Waals surface area contributed by atoms with Crippen molar-refractivity contribution < 1.29 is 24.6 Å². The summed E-state index contributed by atoms with van der Waals surface area (Å²) in [5.74, 6) is -0.211. The van der Waals surface area contributed by atoms with E-state index in [0.29, 0.717) is 30.1 Å². The number of piperidine rings is 1. The van der Waals surface area contributed by atoms with E-state index in [-0.39, 0.29) is 36.4 Å². The Bertz CT molecular complexity index is 2280. The van der Waals surface area contributed by atoms with Crippen LogP contribution in [0.25, 0.3) is 32.7 Å². The highest BCUT2D eigenvalue weighted by Gasteiger charge is 2.44. The zero-order valence-corrected chi connectivity index (χ0v) is 36.6. The van der Waals surface area contributed by atoms with Gasteiger partial charge in [-0.2, -0.15) is 0 Å². The van der Waals surface area contributed by atoms with Gasteiger partial charge in [-0.1, -0.05) is 76.4 Å². The number of rotatable bonds is 16. The summed E-state index contributed by atoms with van der Waals surface area (Å²) in [6.45, 7) is 11.2. The van der Waals surface area contributed by atoms with Gasteiger partial charge in [0, 0.05) is 43.1 Å². The molecule has 3 atom stereocenters. The maximum absolute atomic E-state index is 14.0. The number of aromatic amines is 1. The largest absolute Gasteiger partial charge is 0.507 e. The minimum absolute atomic E-state index is 0.0444. The Morgan fingerprint density at radius 3 is 2.44 bits per heavy atom. The van der Waals surface area contributed by atoms with Gasteiger partial charge in [-0.25, -0.2) is 4.98 Å². The fourth-order valence-corrected chi connectivity index (χ4v) is 9.55. The zero-order valence-electron chi connectivity index (χ0n) is 35.8. The highest BCUT2D eigenvalue weighted by Crippen LogP contribution is 2.36. The van der Waals surface area contributed by atoms with Crippen molar-refractivity contribution in [2.45, 2.75) is 116 Å². The SMILES string of the molecule is Cc1ncsc1-c1ccc(CNC(=O)[C@@H]2C[C@@H](O)CN2C(=O)[C@@H](NC(=O)CCCCCCCN2CCC(c3c[nH]c4nnc(-c5ccccc5O)cc34)CC2)C(C)(C)C)cc1. The van der Waals surface area contributed by atoms with Crippen molar-refractivity contribution in [3.63, 3.8) is 0 Å². The molecular weight excluding hydrogens is 789 g/mol. The van der Waals surface area contributed by atoms with Gasteiger partial charge in [0.2, 0.25) is 17.7 Å². The molecular formula is C47H60N8O5S. The first-order valence-corrected chi connectivity index (χ1v) is 22.6. The van der Waals surface area contributed by atoms with Crippen molar-refractivity contribution in [1.82, 2.24) is 40.6 Å². The number of benzene rings is 2. The number of aromatic nitrogens is 4. The van der Waals surface area contributed by atoms with E-state index in [1.807, 2.05) is 75.7 Å². The third-order valence-corrected chi connectivity index (χ3v) is 13.2. The molecule has 61 heavy (non-hydrogen) atoms. The average Bonchev–Trinajstić information content (AvgIpc) is 3.99. The van der Waals surface area contributed by atoms with E-state index in [0.717, 1.165) is 97.3 Å². The first-order valence-electron chi connectivity index (χ1n) is 21.8. The summed E-state index contributed by atoms with van der Waals surface area (Å²) in [5, 5.41) is 36.7. The predicted octanol–water partition coefficient (Wildman–Crippen LogP) is 7.09. The number of aliphatic hydroxyl groups is 1. The molecule has 324 valence electrons. The molecule has 5 heterocycles. The van der Waals surface area contributed by atoms with Gasteiger partial charge in [0.15, 0.2) is 5.65 Å². The number of phenolic OH excluding ortho intramolecular Hbond substituents is 1. The molecule has 2 aliphatic heterocycles. The number of nitrogens with zero attached hydrogens (tertiary/aromatic N) is 5. The van der Waals surface area contributed by atoms with Crippen LogP contribution < -0.4 is 10.6 Å². The quantitative estimate of drug-likeness (QED) is 0.0649. The van der Waals surface area contributed by atoms with Crippen LogP contribution in [-0.2, 0) is 20.9 Å². The topological polar surface area (TPSA) is 177 Å². The van der Waals surface area contributed by atoms with E-state index in [2.05, 4.69) is 41.9 Å². The average molecular weight is 849 g/mol. The van der Waals surface area contributed by atoms with Crippen LogP contribution in [0.5, 0.6) is 5.75 Å². The van der Waals surface area contributed by atoms with Gasteiger partial charge in [0.25, 0.3) is 0 Å². The van der Waals surface area contributed by atoms with Gasteiger partial charge in [-0.3, -0.25) is 14.4 Å². The van der Waals surface area contributed by atoms with Crippen LogP contribution >= 0.6 is 11.3 Å². The number of phenols is 1. The van der Waals surface area contributed by atoms with E-state index in [4.69, 9.17) is 0 Å². The molecule has 14 heteroatoms. The number of hydrogen-bond donors (Lipinski definition) is 5. The maximum atomic E-state index is 14.0. The van der Waals surface area contributed by atoms with Gasteiger partial charge < -0.3 is 35.6 Å². The van der Waals surface area contributed by atoms with Crippen LogP contribution in [0.2, 0.25) is 0 Å². The summed E-state index contributed by atoms with van der Waals surface area (Å²) < 4.78 is 0. The lowest BCUT2D eigenvalue weighted by atomic mass is 9.85. The van der Waals surface area contributed by atoms with Crippen LogP contribution in [0.3, 0.4) is 0 Å². The summed E-state index contributed by atoms with van der Waals surface area (Å²) >= 11 is 1.59. The van der Waals surface area contributed by atoms with Gasteiger partial charge in [0.1, 0.15) is 17.8 Å². The molecule has 7 rings (SSSR count). The molecule has 0 saturated carbocycles. The normalized spacial score (nSPS) is 18.1. The summed E-state index contributed by atoms with van der Waals surface area (Å²) in [6, 6.07) is 15.6. The van der Waals surface area contributed by atoms with Crippen LogP contribution in [0.1, 0.15) is 101 Å². The monoisotopic (exact) mass is 848 g/mol. The highest BCUT2D eigenvalue weighted by molar-refractivity contribution is 7.13. The molecule has 2 fully saturated rings. The molecule has 0 spiro atoms. The van der Waals surface area contributed by atoms with E-state index in [9.17, 15) is 24.6 Å².